The van der Waals surface area contributed by atoms with Crippen molar-refractivity contribution in [3.05, 3.63) is 96.6 Å². The largest absolute Gasteiger partial charge is 0.497 e. The topological polar surface area (TPSA) is 82.1 Å². The lowest BCUT2D eigenvalue weighted by atomic mass is 9.65. The van der Waals surface area contributed by atoms with Gasteiger partial charge in [0.05, 0.1) is 23.8 Å². The van der Waals surface area contributed by atoms with Crippen LogP contribution in [0.2, 0.25) is 18.1 Å². The van der Waals surface area contributed by atoms with Gasteiger partial charge in [-0.2, -0.15) is 0 Å². The summed E-state index contributed by atoms with van der Waals surface area (Å²) in [6.07, 6.45) is 8.55. The molecule has 0 radical (unpaired) electrons. The third kappa shape index (κ3) is 5.29. The summed E-state index contributed by atoms with van der Waals surface area (Å²) in [6.45, 7) is 12.5. The number of nitrogens with zero attached hydrogens (tertiary/aromatic N) is 1. The third-order valence-corrected chi connectivity index (χ3v) is 16.6. The Morgan fingerprint density at radius 2 is 1.58 bits per heavy atom. The highest BCUT2D eigenvalue weighted by Gasteiger charge is 2.67. The number of para-hydroxylation sites is 1. The lowest BCUT2D eigenvalue weighted by Gasteiger charge is -2.57. The van der Waals surface area contributed by atoms with Gasteiger partial charge in [-0.1, -0.05) is 82.2 Å². The number of rotatable bonds is 6. The van der Waals surface area contributed by atoms with E-state index >= 15 is 8.42 Å². The van der Waals surface area contributed by atoms with Gasteiger partial charge in [0.15, 0.2) is 18.2 Å². The molecular formula is C36H41NO6SSi. The highest BCUT2D eigenvalue weighted by atomic mass is 32.2. The van der Waals surface area contributed by atoms with Crippen LogP contribution in [0.3, 0.4) is 0 Å². The second kappa shape index (κ2) is 11.8. The second-order valence-electron chi connectivity index (χ2n) is 13.2. The summed E-state index contributed by atoms with van der Waals surface area (Å²) < 4.78 is 47.9. The molecule has 5 rings (SSSR count). The van der Waals surface area contributed by atoms with E-state index < -0.39 is 47.1 Å². The predicted octanol–water partition coefficient (Wildman–Crippen LogP) is 7.60. The third-order valence-electron chi connectivity index (χ3n) is 9.62. The van der Waals surface area contributed by atoms with Crippen LogP contribution in [0.4, 0.5) is 10.5 Å². The SMILES string of the molecule is C#C[C@H]1[C@@H]2[C@H](C)C=C[C@H](O[Si](C)(C)C(C)(C)C)[C@]2(S(=O)(=O)c2ccccc2)c2cc(OC)ccc2N1C(=O)Oc1ccccc1. The number of anilines is 1. The van der Waals surface area contributed by atoms with E-state index in [-0.39, 0.29) is 15.9 Å². The summed E-state index contributed by atoms with van der Waals surface area (Å²) in [7, 11) is -5.32. The van der Waals surface area contributed by atoms with E-state index in [9.17, 15) is 4.79 Å². The van der Waals surface area contributed by atoms with Gasteiger partial charge in [0.2, 0.25) is 0 Å². The summed E-state index contributed by atoms with van der Waals surface area (Å²) in [5.41, 5.74) is 0.717. The molecule has 0 saturated carbocycles. The number of hydrogen-bond acceptors (Lipinski definition) is 6. The van der Waals surface area contributed by atoms with Gasteiger partial charge in [-0.05, 0) is 66.5 Å². The van der Waals surface area contributed by atoms with Crippen molar-refractivity contribution in [2.24, 2.45) is 11.8 Å². The first-order valence-corrected chi connectivity index (χ1v) is 19.5. The van der Waals surface area contributed by atoms with E-state index in [1.807, 2.05) is 25.1 Å². The number of ether oxygens (including phenoxy) is 2. The maximum atomic E-state index is 15.5. The van der Waals surface area contributed by atoms with Gasteiger partial charge < -0.3 is 13.9 Å². The molecule has 1 aliphatic heterocycles. The Hall–Kier alpha value is -3.84. The Kier molecular flexibility index (Phi) is 8.55. The highest BCUT2D eigenvalue weighted by Crippen LogP contribution is 2.60. The molecule has 7 nitrogen and oxygen atoms in total. The Bertz CT molecular complexity index is 1740. The molecule has 236 valence electrons. The van der Waals surface area contributed by atoms with E-state index in [1.54, 1.807) is 72.8 Å². The lowest BCUT2D eigenvalue weighted by Crippen LogP contribution is -2.67. The molecule has 0 saturated heterocycles. The van der Waals surface area contributed by atoms with Crippen molar-refractivity contribution in [1.82, 2.24) is 0 Å². The second-order valence-corrected chi connectivity index (χ2v) is 20.1. The lowest BCUT2D eigenvalue weighted by molar-refractivity contribution is 0.0955. The fraction of sp³-hybridized carbons (Fsp3) is 0.361. The molecule has 0 unspecified atom stereocenters. The van der Waals surface area contributed by atoms with Crippen LogP contribution >= 0.6 is 0 Å². The number of terminal acetylenes is 1. The fourth-order valence-electron chi connectivity index (χ4n) is 6.37. The Morgan fingerprint density at radius 1 is 0.956 bits per heavy atom. The van der Waals surface area contributed by atoms with E-state index in [1.165, 1.54) is 12.0 Å². The molecule has 0 spiro atoms. The van der Waals surface area contributed by atoms with Crippen molar-refractivity contribution < 1.29 is 27.1 Å². The molecule has 0 fully saturated rings. The van der Waals surface area contributed by atoms with Crippen LogP contribution in [-0.4, -0.2) is 42.1 Å². The van der Waals surface area contributed by atoms with Gasteiger partial charge in [0.25, 0.3) is 0 Å². The average molecular weight is 644 g/mol. The molecule has 1 amide bonds. The summed E-state index contributed by atoms with van der Waals surface area (Å²) in [5, 5.41) is -0.222. The van der Waals surface area contributed by atoms with E-state index in [0.29, 0.717) is 22.7 Å². The normalized spacial score (nSPS) is 24.6. The number of amides is 1. The van der Waals surface area contributed by atoms with Gasteiger partial charge in [-0.3, -0.25) is 4.90 Å². The van der Waals surface area contributed by atoms with Gasteiger partial charge in [-0.15, -0.1) is 6.42 Å². The number of sulfone groups is 1. The molecule has 0 bridgehead atoms. The molecule has 9 heteroatoms. The molecule has 0 N–H and O–H groups in total. The highest BCUT2D eigenvalue weighted by molar-refractivity contribution is 7.92. The molecule has 0 aromatic heterocycles. The van der Waals surface area contributed by atoms with E-state index in [2.05, 4.69) is 39.8 Å². The zero-order valence-corrected chi connectivity index (χ0v) is 28.7. The first-order chi connectivity index (χ1) is 21.2. The van der Waals surface area contributed by atoms with Crippen LogP contribution in [-0.2, 0) is 19.0 Å². The van der Waals surface area contributed by atoms with Crippen LogP contribution in [0, 0.1) is 24.2 Å². The van der Waals surface area contributed by atoms with Gasteiger partial charge in [0.1, 0.15) is 22.3 Å². The van der Waals surface area contributed by atoms with Crippen LogP contribution in [0.25, 0.3) is 0 Å². The number of fused-ring (bicyclic) bond motifs is 3. The number of allylic oxidation sites excluding steroid dienone is 1. The number of hydrogen-bond donors (Lipinski definition) is 0. The molecule has 45 heavy (non-hydrogen) atoms. The minimum absolute atomic E-state index is 0.145. The molecule has 3 aromatic carbocycles. The summed E-state index contributed by atoms with van der Waals surface area (Å²) in [5.74, 6) is 2.45. The van der Waals surface area contributed by atoms with Crippen LogP contribution in [0.5, 0.6) is 11.5 Å². The Balaban J connectivity index is 1.88. The molecule has 5 atom stereocenters. The monoisotopic (exact) mass is 643 g/mol. The van der Waals surface area contributed by atoms with E-state index in [0.717, 1.165) is 0 Å². The number of carbonyl (C=O) groups is 1. The smallest absolute Gasteiger partial charge is 0.420 e. The average Bonchev–Trinajstić information content (AvgIpc) is 3.01. The Labute approximate surface area is 268 Å². The maximum absolute atomic E-state index is 15.5. The van der Waals surface area contributed by atoms with Crippen LogP contribution < -0.4 is 14.4 Å². The van der Waals surface area contributed by atoms with Crippen LogP contribution in [0.1, 0.15) is 33.3 Å². The van der Waals surface area contributed by atoms with Crippen molar-refractivity contribution in [2.75, 3.05) is 12.0 Å². The zero-order chi connectivity index (χ0) is 32.8. The number of benzene rings is 3. The number of methoxy groups -OCH3 is 1. The van der Waals surface area contributed by atoms with Crippen molar-refractivity contribution in [2.45, 2.75) is 67.6 Å². The van der Waals surface area contributed by atoms with Crippen molar-refractivity contribution in [3.63, 3.8) is 0 Å². The maximum Gasteiger partial charge on any atom is 0.420 e. The van der Waals surface area contributed by atoms with Crippen molar-refractivity contribution in [3.8, 4) is 23.8 Å². The van der Waals surface area contributed by atoms with Crippen molar-refractivity contribution in [1.29, 1.82) is 0 Å². The zero-order valence-electron chi connectivity index (χ0n) is 26.9. The van der Waals surface area contributed by atoms with Gasteiger partial charge >= 0.3 is 6.09 Å². The van der Waals surface area contributed by atoms with Gasteiger partial charge in [0, 0.05) is 11.5 Å². The Morgan fingerprint density at radius 3 is 2.16 bits per heavy atom. The summed E-state index contributed by atoms with van der Waals surface area (Å²) in [4.78, 5) is 15.7. The first kappa shape index (κ1) is 32.5. The minimum atomic E-state index is -4.26. The summed E-state index contributed by atoms with van der Waals surface area (Å²) in [6, 6.07) is 21.2. The van der Waals surface area contributed by atoms with Gasteiger partial charge in [-0.25, -0.2) is 13.2 Å². The first-order valence-electron chi connectivity index (χ1n) is 15.1. The molecule has 3 aromatic rings. The molecular weight excluding hydrogens is 603 g/mol. The quantitative estimate of drug-likeness (QED) is 0.156. The van der Waals surface area contributed by atoms with Crippen LogP contribution in [0.15, 0.2) is 95.9 Å². The van der Waals surface area contributed by atoms with E-state index in [4.69, 9.17) is 20.3 Å². The molecule has 2 aliphatic rings. The minimum Gasteiger partial charge on any atom is -0.497 e. The predicted molar refractivity (Wildman–Crippen MR) is 180 cm³/mol. The van der Waals surface area contributed by atoms with Crippen molar-refractivity contribution >= 4 is 29.9 Å². The standard InChI is InChI=1S/C36H41NO6SSi/c1-9-30-33-25(2)20-23-32(43-45(7,8)35(3,4)5)36(33,44(39,40)28-18-14-11-15-19-28)29-24-27(41-6)21-22-31(29)37(30)34(38)42-26-16-12-10-13-17-26/h1,10-25,30,32-33H,2-8H3/t25-,30+,32+,33+,36-/m1/s1. The number of carbonyl (C=O) groups excluding carboxylic acids is 1. The molecule has 1 heterocycles. The fourth-order valence-corrected chi connectivity index (χ4v) is 10.2. The molecule has 1 aliphatic carbocycles. The summed E-state index contributed by atoms with van der Waals surface area (Å²) >= 11 is 0.